The van der Waals surface area contributed by atoms with Crippen LogP contribution >= 0.6 is 15.9 Å². The van der Waals surface area contributed by atoms with Crippen molar-refractivity contribution in [3.63, 3.8) is 0 Å². The van der Waals surface area contributed by atoms with Gasteiger partial charge in [0.1, 0.15) is 10.2 Å². The van der Waals surface area contributed by atoms with Crippen molar-refractivity contribution >= 4 is 15.9 Å². The van der Waals surface area contributed by atoms with Gasteiger partial charge < -0.3 is 4.98 Å². The predicted molar refractivity (Wildman–Crippen MR) is 59.0 cm³/mol. The number of aromatic amines is 1. The van der Waals surface area contributed by atoms with Gasteiger partial charge in [0, 0.05) is 6.04 Å². The van der Waals surface area contributed by atoms with Gasteiger partial charge >= 0.3 is 11.9 Å². The molecule has 0 radical (unpaired) electrons. The summed E-state index contributed by atoms with van der Waals surface area (Å²) in [6.07, 6.45) is -4.31. The summed E-state index contributed by atoms with van der Waals surface area (Å²) in [4.78, 5) is 24.8. The highest BCUT2D eigenvalue weighted by molar-refractivity contribution is 9.10. The van der Waals surface area contributed by atoms with Gasteiger partial charge in [0.15, 0.2) is 0 Å². The summed E-state index contributed by atoms with van der Waals surface area (Å²) in [5, 5.41) is 0. The van der Waals surface area contributed by atoms with Crippen LogP contribution in [0, 0.1) is 0 Å². The fourth-order valence-corrected chi connectivity index (χ4v) is 1.82. The molecule has 0 fully saturated rings. The molecule has 0 aliphatic carbocycles. The molecule has 1 N–H and O–H groups in total. The van der Waals surface area contributed by atoms with Gasteiger partial charge in [-0.25, -0.2) is 4.79 Å². The first-order valence-electron chi connectivity index (χ1n) is 4.81. The van der Waals surface area contributed by atoms with Crippen LogP contribution in [0.15, 0.2) is 14.1 Å². The maximum absolute atomic E-state index is 12.5. The van der Waals surface area contributed by atoms with Crippen molar-refractivity contribution < 1.29 is 13.2 Å². The van der Waals surface area contributed by atoms with Gasteiger partial charge in [-0.15, -0.1) is 0 Å². The Kier molecular flexibility index (Phi) is 3.85. The predicted octanol–water partition coefficient (Wildman–Crippen LogP) is 2.29. The van der Waals surface area contributed by atoms with Crippen molar-refractivity contribution in [2.75, 3.05) is 0 Å². The minimum atomic E-state index is -4.77. The lowest BCUT2D eigenvalue weighted by atomic mass is 10.2. The largest absolute Gasteiger partial charge is 0.432 e. The van der Waals surface area contributed by atoms with Gasteiger partial charge in [0.2, 0.25) is 0 Å². The van der Waals surface area contributed by atoms with Crippen molar-refractivity contribution in [1.29, 1.82) is 0 Å². The monoisotopic (exact) mass is 314 g/mol. The lowest BCUT2D eigenvalue weighted by molar-refractivity contribution is -0.142. The number of aromatic nitrogens is 2. The molecule has 96 valence electrons. The van der Waals surface area contributed by atoms with E-state index in [4.69, 9.17) is 0 Å². The van der Waals surface area contributed by atoms with Crippen molar-refractivity contribution in [2.45, 2.75) is 32.5 Å². The molecular weight excluding hydrogens is 305 g/mol. The molecule has 1 aromatic heterocycles. The van der Waals surface area contributed by atoms with E-state index in [0.717, 1.165) is 4.57 Å². The van der Waals surface area contributed by atoms with Gasteiger partial charge in [0.25, 0.3) is 5.56 Å². The molecule has 1 aromatic rings. The number of alkyl halides is 3. The minimum Gasteiger partial charge on any atom is -0.302 e. The lowest BCUT2D eigenvalue weighted by Crippen LogP contribution is -2.40. The Morgan fingerprint density at radius 2 is 1.94 bits per heavy atom. The molecule has 1 heterocycles. The van der Waals surface area contributed by atoms with E-state index in [9.17, 15) is 22.8 Å². The van der Waals surface area contributed by atoms with E-state index in [1.54, 1.807) is 18.8 Å². The molecule has 0 aliphatic heterocycles. The summed E-state index contributed by atoms with van der Waals surface area (Å²) in [6, 6.07) is -0.468. The average Bonchev–Trinajstić information content (AvgIpc) is 2.21. The van der Waals surface area contributed by atoms with E-state index in [-0.39, 0.29) is 0 Å². The summed E-state index contributed by atoms with van der Waals surface area (Å²) >= 11 is 2.58. The molecule has 0 aromatic carbocycles. The van der Waals surface area contributed by atoms with Crippen LogP contribution in [-0.4, -0.2) is 9.55 Å². The molecule has 0 aliphatic rings. The summed E-state index contributed by atoms with van der Waals surface area (Å²) in [6.45, 7) is 3.30. The maximum Gasteiger partial charge on any atom is 0.432 e. The van der Waals surface area contributed by atoms with E-state index >= 15 is 0 Å². The zero-order valence-corrected chi connectivity index (χ0v) is 10.6. The molecule has 0 spiro atoms. The Hall–Kier alpha value is -1.05. The Bertz CT molecular complexity index is 533. The van der Waals surface area contributed by atoms with Gasteiger partial charge in [-0.1, -0.05) is 6.92 Å². The molecule has 17 heavy (non-hydrogen) atoms. The zero-order valence-electron chi connectivity index (χ0n) is 9.06. The highest BCUT2D eigenvalue weighted by Crippen LogP contribution is 2.30. The molecular formula is C9H10BrF3N2O2. The number of nitrogens with one attached hydrogen (secondary N) is 1. The number of H-pyrrole nitrogens is 1. The van der Waals surface area contributed by atoms with E-state index in [2.05, 4.69) is 15.9 Å². The van der Waals surface area contributed by atoms with Crippen LogP contribution in [0.5, 0.6) is 0 Å². The van der Waals surface area contributed by atoms with Gasteiger partial charge in [-0.2, -0.15) is 13.2 Å². The number of hydrogen-bond donors (Lipinski definition) is 1. The van der Waals surface area contributed by atoms with Crippen LogP contribution in [0.3, 0.4) is 0 Å². The SMILES string of the molecule is CCC(C)n1c(=O)[nH]c(C(F)(F)F)c(Br)c1=O. The molecule has 1 atom stereocenters. The summed E-state index contributed by atoms with van der Waals surface area (Å²) < 4.78 is 37.5. The first-order chi connectivity index (χ1) is 7.70. The van der Waals surface area contributed by atoms with Crippen LogP contribution in [0.4, 0.5) is 13.2 Å². The van der Waals surface area contributed by atoms with E-state index in [1.165, 1.54) is 0 Å². The number of rotatable bonds is 2. The quantitative estimate of drug-likeness (QED) is 0.910. The first-order valence-corrected chi connectivity index (χ1v) is 5.61. The molecule has 1 rings (SSSR count). The molecule has 0 saturated heterocycles. The third kappa shape index (κ3) is 2.62. The zero-order chi connectivity index (χ0) is 13.4. The summed E-state index contributed by atoms with van der Waals surface area (Å²) in [7, 11) is 0. The van der Waals surface area contributed by atoms with Crippen molar-refractivity contribution in [1.82, 2.24) is 9.55 Å². The van der Waals surface area contributed by atoms with Gasteiger partial charge in [0.05, 0.1) is 0 Å². The van der Waals surface area contributed by atoms with Crippen LogP contribution in [0.1, 0.15) is 32.0 Å². The van der Waals surface area contributed by atoms with Gasteiger partial charge in [-0.3, -0.25) is 9.36 Å². The minimum absolute atomic E-state index is 0.459. The standard InChI is InChI=1S/C9H10BrF3N2O2/c1-3-4(2)15-7(16)5(10)6(9(11,12)13)14-8(15)17/h4H,3H2,1-2H3,(H,14,17). The van der Waals surface area contributed by atoms with E-state index < -0.39 is 33.6 Å². The third-order valence-corrected chi connectivity index (χ3v) is 3.13. The summed E-state index contributed by atoms with van der Waals surface area (Å²) in [5.41, 5.74) is -3.39. The number of halogens is 4. The van der Waals surface area contributed by atoms with E-state index in [1.807, 2.05) is 0 Å². The molecule has 0 bridgehead atoms. The fourth-order valence-electron chi connectivity index (χ4n) is 1.31. The van der Waals surface area contributed by atoms with Crippen LogP contribution in [-0.2, 0) is 6.18 Å². The van der Waals surface area contributed by atoms with Crippen LogP contribution in [0.2, 0.25) is 0 Å². The second-order valence-electron chi connectivity index (χ2n) is 3.55. The van der Waals surface area contributed by atoms with Crippen molar-refractivity contribution in [2.24, 2.45) is 0 Å². The first kappa shape index (κ1) is 14.0. The highest BCUT2D eigenvalue weighted by Gasteiger charge is 2.36. The second kappa shape index (κ2) is 4.67. The third-order valence-electron chi connectivity index (χ3n) is 2.39. The molecule has 4 nitrogen and oxygen atoms in total. The fraction of sp³-hybridized carbons (Fsp3) is 0.556. The lowest BCUT2D eigenvalue weighted by Gasteiger charge is -2.14. The van der Waals surface area contributed by atoms with Crippen molar-refractivity contribution in [3.8, 4) is 0 Å². The topological polar surface area (TPSA) is 54.9 Å². The smallest absolute Gasteiger partial charge is 0.302 e. The Morgan fingerprint density at radius 3 is 2.35 bits per heavy atom. The molecule has 1 unspecified atom stereocenters. The highest BCUT2D eigenvalue weighted by atomic mass is 79.9. The van der Waals surface area contributed by atoms with Gasteiger partial charge in [-0.05, 0) is 29.3 Å². The van der Waals surface area contributed by atoms with Crippen LogP contribution in [0.25, 0.3) is 0 Å². The molecule has 8 heteroatoms. The van der Waals surface area contributed by atoms with E-state index in [0.29, 0.717) is 6.42 Å². The Labute approximate surface area is 103 Å². The Morgan fingerprint density at radius 1 is 1.41 bits per heavy atom. The number of hydrogen-bond acceptors (Lipinski definition) is 2. The molecule has 0 amide bonds. The maximum atomic E-state index is 12.5. The average molecular weight is 315 g/mol. The summed E-state index contributed by atoms with van der Waals surface area (Å²) in [5.74, 6) is 0. The second-order valence-corrected chi connectivity index (χ2v) is 4.34. The number of nitrogens with zero attached hydrogens (tertiary/aromatic N) is 1. The molecule has 0 saturated carbocycles. The van der Waals surface area contributed by atoms with Crippen molar-refractivity contribution in [3.05, 3.63) is 31.0 Å². The normalized spacial score (nSPS) is 13.8. The Balaban J connectivity index is 3.60. The van der Waals surface area contributed by atoms with Crippen LogP contribution < -0.4 is 11.2 Å².